The molecule has 1 aliphatic rings. The Labute approximate surface area is 97.9 Å². The molecule has 0 aromatic heterocycles. The van der Waals surface area contributed by atoms with Crippen LogP contribution in [0.25, 0.3) is 0 Å². The Morgan fingerprint density at radius 3 is 2.56 bits per heavy atom. The lowest BCUT2D eigenvalue weighted by atomic mass is 10.1. The Morgan fingerprint density at radius 2 is 2.00 bits per heavy atom. The molecule has 0 atom stereocenters. The molecule has 1 aromatic carbocycles. The SMILES string of the molecule is Cc1ccc(CN(CCO)C2CC2)cc1C. The minimum atomic E-state index is 0.265. The lowest BCUT2D eigenvalue weighted by Gasteiger charge is -2.21. The molecule has 0 heterocycles. The van der Waals surface area contributed by atoms with Gasteiger partial charge >= 0.3 is 0 Å². The highest BCUT2D eigenvalue weighted by molar-refractivity contribution is 5.29. The van der Waals surface area contributed by atoms with Crippen molar-refractivity contribution in [2.75, 3.05) is 13.2 Å². The summed E-state index contributed by atoms with van der Waals surface area (Å²) in [5.41, 5.74) is 4.07. The van der Waals surface area contributed by atoms with Crippen molar-refractivity contribution >= 4 is 0 Å². The van der Waals surface area contributed by atoms with Gasteiger partial charge in [-0.25, -0.2) is 0 Å². The maximum atomic E-state index is 9.05. The van der Waals surface area contributed by atoms with Crippen molar-refractivity contribution < 1.29 is 5.11 Å². The minimum Gasteiger partial charge on any atom is -0.395 e. The highest BCUT2D eigenvalue weighted by Gasteiger charge is 2.28. The third kappa shape index (κ3) is 2.83. The predicted octanol–water partition coefficient (Wildman–Crippen LogP) is 2.26. The van der Waals surface area contributed by atoms with E-state index in [1.807, 2.05) is 0 Å². The molecule has 1 aromatic rings. The monoisotopic (exact) mass is 219 g/mol. The zero-order valence-corrected chi connectivity index (χ0v) is 10.2. The molecule has 0 radical (unpaired) electrons. The topological polar surface area (TPSA) is 23.5 Å². The van der Waals surface area contributed by atoms with E-state index < -0.39 is 0 Å². The fourth-order valence-electron chi connectivity index (χ4n) is 2.10. The number of aliphatic hydroxyl groups excluding tert-OH is 1. The molecule has 1 saturated carbocycles. The van der Waals surface area contributed by atoms with Crippen LogP contribution >= 0.6 is 0 Å². The van der Waals surface area contributed by atoms with Crippen molar-refractivity contribution in [3.63, 3.8) is 0 Å². The van der Waals surface area contributed by atoms with Gasteiger partial charge in [-0.05, 0) is 43.4 Å². The summed E-state index contributed by atoms with van der Waals surface area (Å²) in [6.45, 7) is 6.35. The molecule has 0 amide bonds. The molecule has 16 heavy (non-hydrogen) atoms. The number of aliphatic hydroxyl groups is 1. The average Bonchev–Trinajstić information content (AvgIpc) is 3.06. The number of hydrogen-bond acceptors (Lipinski definition) is 2. The largest absolute Gasteiger partial charge is 0.395 e. The van der Waals surface area contributed by atoms with Crippen molar-refractivity contribution in [2.45, 2.75) is 39.3 Å². The standard InChI is InChI=1S/C14H21NO/c1-11-3-4-13(9-12(11)2)10-15(7-8-16)14-5-6-14/h3-4,9,14,16H,5-8,10H2,1-2H3. The van der Waals surface area contributed by atoms with Gasteiger partial charge in [0, 0.05) is 19.1 Å². The molecule has 1 fully saturated rings. The van der Waals surface area contributed by atoms with Gasteiger partial charge in [-0.15, -0.1) is 0 Å². The second kappa shape index (κ2) is 4.98. The van der Waals surface area contributed by atoms with Crippen LogP contribution in [0, 0.1) is 13.8 Å². The molecular formula is C14H21NO. The molecule has 0 saturated heterocycles. The first kappa shape index (κ1) is 11.6. The van der Waals surface area contributed by atoms with Crippen molar-refractivity contribution in [3.8, 4) is 0 Å². The molecule has 1 aliphatic carbocycles. The third-order valence-electron chi connectivity index (χ3n) is 3.41. The average molecular weight is 219 g/mol. The van der Waals surface area contributed by atoms with Crippen molar-refractivity contribution in [1.82, 2.24) is 4.90 Å². The van der Waals surface area contributed by atoms with Gasteiger partial charge < -0.3 is 5.11 Å². The summed E-state index contributed by atoms with van der Waals surface area (Å²) in [5, 5.41) is 9.05. The molecule has 0 aliphatic heterocycles. The summed E-state index contributed by atoms with van der Waals surface area (Å²) in [7, 11) is 0. The maximum absolute atomic E-state index is 9.05. The lowest BCUT2D eigenvalue weighted by Crippen LogP contribution is -2.28. The number of hydrogen-bond donors (Lipinski definition) is 1. The fourth-order valence-corrected chi connectivity index (χ4v) is 2.10. The highest BCUT2D eigenvalue weighted by atomic mass is 16.3. The Bertz CT molecular complexity index is 358. The number of benzene rings is 1. The molecule has 0 spiro atoms. The Morgan fingerprint density at radius 1 is 1.25 bits per heavy atom. The van der Waals surface area contributed by atoms with E-state index in [1.165, 1.54) is 29.5 Å². The Hall–Kier alpha value is -0.860. The lowest BCUT2D eigenvalue weighted by molar-refractivity contribution is 0.183. The van der Waals surface area contributed by atoms with Gasteiger partial charge in [0.05, 0.1) is 6.61 Å². The summed E-state index contributed by atoms with van der Waals surface area (Å²) >= 11 is 0. The first-order chi connectivity index (χ1) is 7.70. The molecule has 0 unspecified atom stereocenters. The second-order valence-electron chi connectivity index (χ2n) is 4.84. The van der Waals surface area contributed by atoms with Crippen molar-refractivity contribution in [2.24, 2.45) is 0 Å². The van der Waals surface area contributed by atoms with Crippen molar-refractivity contribution in [1.29, 1.82) is 0 Å². The van der Waals surface area contributed by atoms with Crippen LogP contribution in [0.5, 0.6) is 0 Å². The Kier molecular flexibility index (Phi) is 3.62. The van der Waals surface area contributed by atoms with E-state index >= 15 is 0 Å². The summed E-state index contributed by atoms with van der Waals surface area (Å²) in [6, 6.07) is 7.38. The normalized spacial score (nSPS) is 15.8. The van der Waals surface area contributed by atoms with Crippen LogP contribution in [0.1, 0.15) is 29.5 Å². The van der Waals surface area contributed by atoms with E-state index in [4.69, 9.17) is 5.11 Å². The van der Waals surface area contributed by atoms with Crippen LogP contribution < -0.4 is 0 Å². The Balaban J connectivity index is 2.03. The predicted molar refractivity (Wildman–Crippen MR) is 66.4 cm³/mol. The summed E-state index contributed by atoms with van der Waals surface area (Å²) in [5.74, 6) is 0. The first-order valence-corrected chi connectivity index (χ1v) is 6.11. The molecular weight excluding hydrogens is 198 g/mol. The van der Waals surface area contributed by atoms with Crippen LogP contribution in [0.4, 0.5) is 0 Å². The minimum absolute atomic E-state index is 0.265. The van der Waals surface area contributed by atoms with Gasteiger partial charge in [0.2, 0.25) is 0 Å². The molecule has 1 N–H and O–H groups in total. The van der Waals surface area contributed by atoms with Crippen LogP contribution in [-0.4, -0.2) is 29.2 Å². The molecule has 0 bridgehead atoms. The van der Waals surface area contributed by atoms with Gasteiger partial charge in [-0.1, -0.05) is 18.2 Å². The van der Waals surface area contributed by atoms with E-state index in [-0.39, 0.29) is 6.61 Å². The van der Waals surface area contributed by atoms with Crippen LogP contribution in [0.3, 0.4) is 0 Å². The van der Waals surface area contributed by atoms with E-state index in [1.54, 1.807) is 0 Å². The number of nitrogens with zero attached hydrogens (tertiary/aromatic N) is 1. The first-order valence-electron chi connectivity index (χ1n) is 6.11. The number of rotatable bonds is 5. The van der Waals surface area contributed by atoms with Crippen molar-refractivity contribution in [3.05, 3.63) is 34.9 Å². The summed E-state index contributed by atoms with van der Waals surface area (Å²) in [6.07, 6.45) is 2.59. The molecule has 2 nitrogen and oxygen atoms in total. The fraction of sp³-hybridized carbons (Fsp3) is 0.571. The molecule has 2 heteroatoms. The van der Waals surface area contributed by atoms with Gasteiger partial charge in [-0.3, -0.25) is 4.90 Å². The van der Waals surface area contributed by atoms with E-state index in [0.717, 1.165) is 13.1 Å². The third-order valence-corrected chi connectivity index (χ3v) is 3.41. The van der Waals surface area contributed by atoms with E-state index in [2.05, 4.69) is 36.9 Å². The smallest absolute Gasteiger partial charge is 0.0558 e. The van der Waals surface area contributed by atoms with E-state index in [0.29, 0.717) is 6.04 Å². The zero-order valence-electron chi connectivity index (χ0n) is 10.2. The molecule has 88 valence electrons. The highest BCUT2D eigenvalue weighted by Crippen LogP contribution is 2.28. The summed E-state index contributed by atoms with van der Waals surface area (Å²) < 4.78 is 0. The van der Waals surface area contributed by atoms with Crippen LogP contribution in [-0.2, 0) is 6.54 Å². The van der Waals surface area contributed by atoms with Gasteiger partial charge in [0.1, 0.15) is 0 Å². The van der Waals surface area contributed by atoms with E-state index in [9.17, 15) is 0 Å². The summed E-state index contributed by atoms with van der Waals surface area (Å²) in [4.78, 5) is 2.39. The second-order valence-corrected chi connectivity index (χ2v) is 4.84. The molecule has 2 rings (SSSR count). The quantitative estimate of drug-likeness (QED) is 0.821. The van der Waals surface area contributed by atoms with Crippen LogP contribution in [0.2, 0.25) is 0 Å². The maximum Gasteiger partial charge on any atom is 0.0558 e. The van der Waals surface area contributed by atoms with Gasteiger partial charge in [0.15, 0.2) is 0 Å². The van der Waals surface area contributed by atoms with Gasteiger partial charge in [-0.2, -0.15) is 0 Å². The van der Waals surface area contributed by atoms with Crippen LogP contribution in [0.15, 0.2) is 18.2 Å². The van der Waals surface area contributed by atoms with Gasteiger partial charge in [0.25, 0.3) is 0 Å². The number of aryl methyl sites for hydroxylation is 2. The zero-order chi connectivity index (χ0) is 11.5.